The molecule has 2 fully saturated rings. The molecule has 2 amide bonds. The number of hydrogen-bond donors (Lipinski definition) is 3. The fourth-order valence-electron chi connectivity index (χ4n) is 6.82. The van der Waals surface area contributed by atoms with E-state index in [2.05, 4.69) is 58.0 Å². The molecule has 0 saturated carbocycles. The van der Waals surface area contributed by atoms with E-state index < -0.39 is 6.29 Å². The molecule has 3 N–H and O–H groups in total. The number of urea groups is 1. The average Bonchev–Trinajstić information content (AvgIpc) is 3.19. The molecule has 3 atom stereocenters. The highest BCUT2D eigenvalue weighted by atomic mass is 16.7. The number of hydrogen-bond acceptors (Lipinski definition) is 6. The number of rotatable bonds is 11. The van der Waals surface area contributed by atoms with Crippen LogP contribution in [0.4, 0.5) is 10.5 Å². The lowest BCUT2D eigenvalue weighted by molar-refractivity contribution is -0.253. The molecule has 0 aliphatic carbocycles. The Morgan fingerprint density at radius 1 is 0.745 bits per heavy atom. The van der Waals surface area contributed by atoms with E-state index in [9.17, 15) is 9.90 Å². The van der Waals surface area contributed by atoms with Crippen molar-refractivity contribution in [3.05, 3.63) is 150 Å². The Morgan fingerprint density at radius 3 is 2.18 bits per heavy atom. The van der Waals surface area contributed by atoms with Gasteiger partial charge in [-0.1, -0.05) is 97.4 Å². The van der Waals surface area contributed by atoms with Gasteiger partial charge < -0.3 is 34.9 Å². The third-order valence-electron chi connectivity index (χ3n) is 9.57. The SMILES string of the molecule is O=C(NCc1ccccc1-c1ccc(C2OC(CN3CCCCC3)CC(c3ccc(CO)cc3)O2)cc1)Nc1ccc(Oc2ccccc2)cc1. The fraction of sp³-hybridized carbons (Fsp3) is 0.279. The molecule has 262 valence electrons. The molecule has 8 heteroatoms. The van der Waals surface area contributed by atoms with E-state index in [0.29, 0.717) is 18.0 Å². The van der Waals surface area contributed by atoms with Crippen LogP contribution in [0.15, 0.2) is 127 Å². The minimum Gasteiger partial charge on any atom is -0.457 e. The van der Waals surface area contributed by atoms with Crippen molar-refractivity contribution in [1.29, 1.82) is 0 Å². The second-order valence-electron chi connectivity index (χ2n) is 13.2. The molecule has 5 aromatic rings. The van der Waals surface area contributed by atoms with Crippen molar-refractivity contribution in [3.63, 3.8) is 0 Å². The van der Waals surface area contributed by atoms with E-state index in [1.165, 1.54) is 19.3 Å². The minimum atomic E-state index is -0.496. The predicted octanol–water partition coefficient (Wildman–Crippen LogP) is 8.99. The summed E-state index contributed by atoms with van der Waals surface area (Å²) < 4.78 is 19.1. The monoisotopic (exact) mass is 683 g/mol. The highest BCUT2D eigenvalue weighted by molar-refractivity contribution is 5.89. The van der Waals surface area contributed by atoms with Crippen molar-refractivity contribution in [2.24, 2.45) is 0 Å². The maximum atomic E-state index is 12.8. The number of aliphatic hydroxyl groups is 1. The molecule has 5 aromatic carbocycles. The van der Waals surface area contributed by atoms with Crippen LogP contribution in [-0.4, -0.2) is 41.8 Å². The zero-order valence-corrected chi connectivity index (χ0v) is 28.7. The number of para-hydroxylation sites is 1. The van der Waals surface area contributed by atoms with Gasteiger partial charge in [0.1, 0.15) is 11.5 Å². The maximum absolute atomic E-state index is 12.8. The number of piperidine rings is 1. The van der Waals surface area contributed by atoms with Gasteiger partial charge in [0.2, 0.25) is 0 Å². The van der Waals surface area contributed by atoms with Gasteiger partial charge in [-0.3, -0.25) is 0 Å². The molecule has 0 bridgehead atoms. The summed E-state index contributed by atoms with van der Waals surface area (Å²) in [5.41, 5.74) is 6.72. The molecule has 7 rings (SSSR count). The van der Waals surface area contributed by atoms with Crippen molar-refractivity contribution in [2.75, 3.05) is 25.0 Å². The van der Waals surface area contributed by atoms with Crippen LogP contribution in [0.25, 0.3) is 11.1 Å². The van der Waals surface area contributed by atoms with Crippen molar-refractivity contribution in [3.8, 4) is 22.6 Å². The van der Waals surface area contributed by atoms with Gasteiger partial charge in [-0.25, -0.2) is 4.79 Å². The molecule has 8 nitrogen and oxygen atoms in total. The summed E-state index contributed by atoms with van der Waals surface area (Å²) in [4.78, 5) is 15.4. The summed E-state index contributed by atoms with van der Waals surface area (Å²) in [6, 6.07) is 41.1. The summed E-state index contributed by atoms with van der Waals surface area (Å²) in [6.07, 6.45) is 4.00. The number of amides is 2. The summed E-state index contributed by atoms with van der Waals surface area (Å²) in [5.74, 6) is 1.45. The first-order valence-electron chi connectivity index (χ1n) is 17.9. The van der Waals surface area contributed by atoms with Crippen LogP contribution in [0.3, 0.4) is 0 Å². The molecule has 2 heterocycles. The molecule has 0 aromatic heterocycles. The van der Waals surface area contributed by atoms with Gasteiger partial charge >= 0.3 is 6.03 Å². The maximum Gasteiger partial charge on any atom is 0.319 e. The number of nitrogens with zero attached hydrogens (tertiary/aromatic N) is 1. The molecule has 2 saturated heterocycles. The number of benzene rings is 5. The van der Waals surface area contributed by atoms with Crippen molar-refractivity contribution in [2.45, 2.75) is 57.3 Å². The van der Waals surface area contributed by atoms with Crippen molar-refractivity contribution >= 4 is 11.7 Å². The van der Waals surface area contributed by atoms with Gasteiger partial charge in [0, 0.05) is 30.8 Å². The van der Waals surface area contributed by atoms with Gasteiger partial charge in [0.05, 0.1) is 18.8 Å². The van der Waals surface area contributed by atoms with E-state index in [1.54, 1.807) is 0 Å². The Hall–Kier alpha value is -4.99. The van der Waals surface area contributed by atoms with Crippen molar-refractivity contribution < 1.29 is 24.1 Å². The van der Waals surface area contributed by atoms with Crippen LogP contribution in [0.5, 0.6) is 11.5 Å². The zero-order chi connectivity index (χ0) is 34.8. The summed E-state index contributed by atoms with van der Waals surface area (Å²) in [7, 11) is 0. The molecule has 3 unspecified atom stereocenters. The number of carbonyl (C=O) groups excluding carboxylic acids is 1. The van der Waals surface area contributed by atoms with Gasteiger partial charge in [-0.15, -0.1) is 0 Å². The highest BCUT2D eigenvalue weighted by Gasteiger charge is 2.33. The van der Waals surface area contributed by atoms with Crippen LogP contribution in [0, 0.1) is 0 Å². The third-order valence-corrected chi connectivity index (χ3v) is 9.57. The first-order valence-corrected chi connectivity index (χ1v) is 17.9. The van der Waals surface area contributed by atoms with E-state index in [4.69, 9.17) is 14.2 Å². The predicted molar refractivity (Wildman–Crippen MR) is 199 cm³/mol. The van der Waals surface area contributed by atoms with E-state index in [-0.39, 0.29) is 24.8 Å². The van der Waals surface area contributed by atoms with Crippen molar-refractivity contribution in [1.82, 2.24) is 10.2 Å². The number of ether oxygens (including phenoxy) is 3. The minimum absolute atomic E-state index is 0.0222. The standard InChI is InChI=1S/C43H45N3O5/c47-30-31-13-15-33(16-14-31)41-27-39(29-46-25-7-2-8-26-46)50-42(51-41)34-19-17-32(18-20-34)40-12-6-5-9-35(40)28-44-43(48)45-36-21-23-38(24-22-36)49-37-10-3-1-4-11-37/h1,3-6,9-24,39,41-42,47H,2,7-8,25-30H2,(H2,44,45,48). The van der Waals surface area contributed by atoms with Gasteiger partial charge in [-0.2, -0.15) is 0 Å². The Morgan fingerprint density at radius 2 is 1.43 bits per heavy atom. The van der Waals surface area contributed by atoms with Crippen LogP contribution < -0.4 is 15.4 Å². The average molecular weight is 684 g/mol. The normalized spacial score (nSPS) is 19.3. The van der Waals surface area contributed by atoms with Crippen LogP contribution >= 0.6 is 0 Å². The van der Waals surface area contributed by atoms with E-state index in [0.717, 1.165) is 65.2 Å². The largest absolute Gasteiger partial charge is 0.457 e. The van der Waals surface area contributed by atoms with Gasteiger partial charge in [-0.05, 0) is 90.1 Å². The lowest BCUT2D eigenvalue weighted by atomic mass is 9.97. The number of likely N-dealkylation sites (tertiary alicyclic amines) is 1. The van der Waals surface area contributed by atoms with Crippen LogP contribution in [0.2, 0.25) is 0 Å². The molecule has 0 spiro atoms. The second kappa shape index (κ2) is 16.8. The molecule has 2 aliphatic heterocycles. The van der Waals surface area contributed by atoms with Crippen LogP contribution in [0.1, 0.15) is 60.3 Å². The Labute approximate surface area is 300 Å². The second-order valence-corrected chi connectivity index (χ2v) is 13.2. The molecular formula is C43H45N3O5. The van der Waals surface area contributed by atoms with Gasteiger partial charge in [0.15, 0.2) is 6.29 Å². The molecule has 51 heavy (non-hydrogen) atoms. The first kappa shape index (κ1) is 34.5. The number of anilines is 1. The lowest BCUT2D eigenvalue weighted by Gasteiger charge is -2.39. The summed E-state index contributed by atoms with van der Waals surface area (Å²) in [5, 5.41) is 15.5. The Kier molecular flexibility index (Phi) is 11.4. The number of aliphatic hydroxyl groups excluding tert-OH is 1. The first-order chi connectivity index (χ1) is 25.1. The quantitative estimate of drug-likeness (QED) is 0.129. The van der Waals surface area contributed by atoms with E-state index >= 15 is 0 Å². The van der Waals surface area contributed by atoms with Crippen LogP contribution in [-0.2, 0) is 22.6 Å². The highest BCUT2D eigenvalue weighted by Crippen LogP contribution is 2.39. The molecule has 2 aliphatic rings. The summed E-state index contributed by atoms with van der Waals surface area (Å²) >= 11 is 0. The van der Waals surface area contributed by atoms with Gasteiger partial charge in [0.25, 0.3) is 0 Å². The smallest absolute Gasteiger partial charge is 0.319 e. The molecule has 0 radical (unpaired) electrons. The van der Waals surface area contributed by atoms with E-state index in [1.807, 2.05) is 84.9 Å². The molecular weight excluding hydrogens is 638 g/mol. The third kappa shape index (κ3) is 9.22. The number of carbonyl (C=O) groups is 1. The zero-order valence-electron chi connectivity index (χ0n) is 28.7. The lowest BCUT2D eigenvalue weighted by Crippen LogP contribution is -2.41. The summed E-state index contributed by atoms with van der Waals surface area (Å²) in [6.45, 7) is 3.51. The Balaban J connectivity index is 0.995. The Bertz CT molecular complexity index is 1840. The topological polar surface area (TPSA) is 92.3 Å². The number of nitrogens with one attached hydrogen (secondary N) is 2. The fourth-order valence-corrected chi connectivity index (χ4v) is 6.82.